The molecule has 0 saturated carbocycles. The number of carboxylic acid groups (broad SMARTS) is 1. The summed E-state index contributed by atoms with van der Waals surface area (Å²) >= 11 is 0. The van der Waals surface area contributed by atoms with Crippen LogP contribution < -0.4 is 10.4 Å². The maximum atomic E-state index is 12.1. The highest BCUT2D eigenvalue weighted by molar-refractivity contribution is 6.01. The van der Waals surface area contributed by atoms with Gasteiger partial charge in [-0.3, -0.25) is 4.79 Å². The Morgan fingerprint density at radius 3 is 2.68 bits per heavy atom. The molecule has 1 aromatic carbocycles. The van der Waals surface area contributed by atoms with Crippen LogP contribution in [-0.2, 0) is 6.61 Å². The van der Waals surface area contributed by atoms with Crippen LogP contribution in [0.3, 0.4) is 0 Å². The second-order valence-electron chi connectivity index (χ2n) is 4.63. The largest absolute Gasteiger partial charge is 0.478 e. The van der Waals surface area contributed by atoms with E-state index < -0.39 is 11.5 Å². The van der Waals surface area contributed by atoms with Gasteiger partial charge in [-0.2, -0.15) is 0 Å². The van der Waals surface area contributed by atoms with Crippen molar-refractivity contribution in [2.75, 3.05) is 0 Å². The first-order chi connectivity index (χ1) is 10.7. The number of carboxylic acids is 1. The van der Waals surface area contributed by atoms with E-state index in [2.05, 4.69) is 4.98 Å². The van der Waals surface area contributed by atoms with E-state index in [0.29, 0.717) is 5.39 Å². The molecule has 0 bridgehead atoms. The maximum absolute atomic E-state index is 12.1. The van der Waals surface area contributed by atoms with Crippen LogP contribution >= 0.6 is 0 Å². The van der Waals surface area contributed by atoms with Crippen molar-refractivity contribution in [3.8, 4) is 0 Å². The van der Waals surface area contributed by atoms with Crippen molar-refractivity contribution in [3.05, 3.63) is 76.2 Å². The van der Waals surface area contributed by atoms with E-state index in [1.54, 1.807) is 12.1 Å². The predicted molar refractivity (Wildman–Crippen MR) is 79.7 cm³/mol. The summed E-state index contributed by atoms with van der Waals surface area (Å²) < 4.78 is 1.02. The van der Waals surface area contributed by atoms with E-state index in [-0.39, 0.29) is 17.8 Å². The fraction of sp³-hybridized carbons (Fsp3) is 0.0625. The number of rotatable bonds is 4. The zero-order chi connectivity index (χ0) is 15.5. The van der Waals surface area contributed by atoms with E-state index >= 15 is 0 Å². The van der Waals surface area contributed by atoms with Gasteiger partial charge in [0.25, 0.3) is 5.56 Å². The minimum atomic E-state index is -1.18. The monoisotopic (exact) mass is 296 g/mol. The molecule has 1 N–H and O–H groups in total. The molecule has 0 atom stereocenters. The number of aromatic carboxylic acids is 1. The highest BCUT2D eigenvalue weighted by Gasteiger charge is 2.15. The number of pyridine rings is 2. The summed E-state index contributed by atoms with van der Waals surface area (Å²) in [6.07, 6.45) is 1.48. The molecule has 0 radical (unpaired) electrons. The molecular formula is C16H12N2O4. The summed E-state index contributed by atoms with van der Waals surface area (Å²) in [5.74, 6) is -1.18. The fourth-order valence-corrected chi connectivity index (χ4v) is 2.15. The molecule has 0 unspecified atom stereocenters. The molecule has 6 nitrogen and oxygen atoms in total. The minimum Gasteiger partial charge on any atom is -0.478 e. The van der Waals surface area contributed by atoms with Gasteiger partial charge in [0.2, 0.25) is 0 Å². The molecule has 6 heteroatoms. The van der Waals surface area contributed by atoms with Crippen LogP contribution in [0.4, 0.5) is 0 Å². The Balaban J connectivity index is 2.06. The highest BCUT2D eigenvalue weighted by Crippen LogP contribution is 2.14. The standard InChI is InChI=1S/C16H12N2O4/c19-14-9-13(16(20)21)12-7-4-8-17-15(12)18(14)22-10-11-5-2-1-3-6-11/h1-9H,10H2,(H,20,21). The van der Waals surface area contributed by atoms with Crippen molar-refractivity contribution in [1.29, 1.82) is 0 Å². The van der Waals surface area contributed by atoms with Gasteiger partial charge >= 0.3 is 5.97 Å². The van der Waals surface area contributed by atoms with Crippen molar-refractivity contribution < 1.29 is 14.7 Å². The number of fused-ring (bicyclic) bond motifs is 1. The van der Waals surface area contributed by atoms with Crippen molar-refractivity contribution >= 4 is 17.0 Å². The smallest absolute Gasteiger partial charge is 0.336 e. The summed E-state index contributed by atoms with van der Waals surface area (Å²) in [5.41, 5.74) is 0.413. The van der Waals surface area contributed by atoms with Crippen LogP contribution in [0.15, 0.2) is 59.5 Å². The molecule has 2 aromatic heterocycles. The molecule has 0 aliphatic carbocycles. The fourth-order valence-electron chi connectivity index (χ4n) is 2.15. The van der Waals surface area contributed by atoms with Gasteiger partial charge in [-0.05, 0) is 17.7 Å². The first-order valence-corrected chi connectivity index (χ1v) is 6.58. The minimum absolute atomic E-state index is 0.0901. The van der Waals surface area contributed by atoms with Crippen molar-refractivity contribution in [2.24, 2.45) is 0 Å². The summed E-state index contributed by atoms with van der Waals surface area (Å²) in [6, 6.07) is 13.6. The molecule has 2 heterocycles. The van der Waals surface area contributed by atoms with Gasteiger partial charge in [-0.15, -0.1) is 4.73 Å². The topological polar surface area (TPSA) is 81.4 Å². The number of hydrogen-bond acceptors (Lipinski definition) is 4. The predicted octanol–water partition coefficient (Wildman–Crippen LogP) is 1.72. The van der Waals surface area contributed by atoms with Crippen molar-refractivity contribution in [3.63, 3.8) is 0 Å². The SMILES string of the molecule is O=C(O)c1cc(=O)n(OCc2ccccc2)c2ncccc12. The zero-order valence-corrected chi connectivity index (χ0v) is 11.5. The number of carbonyl (C=O) groups is 1. The lowest BCUT2D eigenvalue weighted by atomic mass is 10.1. The Morgan fingerprint density at radius 2 is 1.95 bits per heavy atom. The molecule has 0 amide bonds. The average molecular weight is 296 g/mol. The van der Waals surface area contributed by atoms with Gasteiger partial charge in [0, 0.05) is 17.6 Å². The third-order valence-corrected chi connectivity index (χ3v) is 3.17. The van der Waals surface area contributed by atoms with Gasteiger partial charge in [-0.1, -0.05) is 30.3 Å². The summed E-state index contributed by atoms with van der Waals surface area (Å²) in [7, 11) is 0. The quantitative estimate of drug-likeness (QED) is 0.793. The first-order valence-electron chi connectivity index (χ1n) is 6.58. The normalized spacial score (nSPS) is 10.5. The molecule has 3 aromatic rings. The van der Waals surface area contributed by atoms with Crippen LogP contribution in [0.1, 0.15) is 15.9 Å². The second-order valence-corrected chi connectivity index (χ2v) is 4.63. The Morgan fingerprint density at radius 1 is 1.18 bits per heavy atom. The lowest BCUT2D eigenvalue weighted by molar-refractivity contribution is 0.0696. The van der Waals surface area contributed by atoms with Gasteiger partial charge < -0.3 is 9.94 Å². The number of nitrogens with zero attached hydrogens (tertiary/aromatic N) is 2. The Kier molecular flexibility index (Phi) is 3.57. The Bertz CT molecular complexity index is 888. The summed E-state index contributed by atoms with van der Waals surface area (Å²) in [6.45, 7) is 0.179. The van der Waals surface area contributed by atoms with Crippen LogP contribution in [0.5, 0.6) is 0 Å². The molecule has 0 spiro atoms. The summed E-state index contributed by atoms with van der Waals surface area (Å²) in [4.78, 5) is 32.9. The van der Waals surface area contributed by atoms with Crippen LogP contribution in [0.2, 0.25) is 0 Å². The second kappa shape index (κ2) is 5.69. The van der Waals surface area contributed by atoms with Crippen LogP contribution in [0, 0.1) is 0 Å². The molecular weight excluding hydrogens is 284 g/mol. The molecule has 3 rings (SSSR count). The van der Waals surface area contributed by atoms with Crippen LogP contribution in [-0.4, -0.2) is 20.8 Å². The van der Waals surface area contributed by atoms with Crippen molar-refractivity contribution in [2.45, 2.75) is 6.61 Å². The van der Waals surface area contributed by atoms with Gasteiger partial charge in [-0.25, -0.2) is 9.78 Å². The highest BCUT2D eigenvalue weighted by atomic mass is 16.7. The summed E-state index contributed by atoms with van der Waals surface area (Å²) in [5, 5.41) is 9.54. The lowest BCUT2D eigenvalue weighted by Crippen LogP contribution is -2.28. The molecule has 0 aliphatic rings. The molecule has 0 saturated heterocycles. The Hall–Kier alpha value is -3.15. The molecule has 0 fully saturated rings. The average Bonchev–Trinajstić information content (AvgIpc) is 2.54. The molecule has 22 heavy (non-hydrogen) atoms. The third-order valence-electron chi connectivity index (χ3n) is 3.17. The van der Waals surface area contributed by atoms with E-state index in [4.69, 9.17) is 4.84 Å². The molecule has 110 valence electrons. The van der Waals surface area contributed by atoms with Crippen molar-refractivity contribution in [1.82, 2.24) is 9.71 Å². The number of aromatic nitrogens is 2. The number of hydrogen-bond donors (Lipinski definition) is 1. The van der Waals surface area contributed by atoms with E-state index in [0.717, 1.165) is 16.4 Å². The van der Waals surface area contributed by atoms with Gasteiger partial charge in [0.05, 0.1) is 5.56 Å². The number of benzene rings is 1. The third kappa shape index (κ3) is 2.54. The first kappa shape index (κ1) is 13.8. The van der Waals surface area contributed by atoms with E-state index in [1.165, 1.54) is 6.20 Å². The zero-order valence-electron chi connectivity index (χ0n) is 11.5. The van der Waals surface area contributed by atoms with Gasteiger partial charge in [0.1, 0.15) is 6.61 Å². The van der Waals surface area contributed by atoms with E-state index in [1.807, 2.05) is 30.3 Å². The van der Waals surface area contributed by atoms with E-state index in [9.17, 15) is 14.7 Å². The lowest BCUT2D eigenvalue weighted by Gasteiger charge is -2.11. The van der Waals surface area contributed by atoms with Gasteiger partial charge in [0.15, 0.2) is 5.65 Å². The molecule has 0 aliphatic heterocycles. The van der Waals surface area contributed by atoms with Crippen LogP contribution in [0.25, 0.3) is 11.0 Å². The Labute approximate surface area is 125 Å². The maximum Gasteiger partial charge on any atom is 0.336 e.